The van der Waals surface area contributed by atoms with Gasteiger partial charge in [0.2, 0.25) is 11.8 Å². The molecule has 48 heavy (non-hydrogen) atoms. The third-order valence-corrected chi connectivity index (χ3v) is 13.8. The second-order valence-electron chi connectivity index (χ2n) is 12.4. The number of hydrogen-bond acceptors (Lipinski definition) is 6. The smallest absolute Gasteiger partial charge is 0.258 e. The SMILES string of the molecule is CCc1ccc(N2C(=O)C3CC=C4C(CC5(Cl)C(=O)N(c6ccc(F)cc6)C(=O)C5(Cl)C4c4cc(OC)c(O)c(Br)c4Br)C3C2=O)cc1. The van der Waals surface area contributed by atoms with Gasteiger partial charge < -0.3 is 9.84 Å². The predicted molar refractivity (Wildman–Crippen MR) is 185 cm³/mol. The molecule has 13 heteroatoms. The average Bonchev–Trinajstić information content (AvgIpc) is 3.42. The largest absolute Gasteiger partial charge is 0.503 e. The van der Waals surface area contributed by atoms with Crippen molar-refractivity contribution in [3.05, 3.63) is 92.1 Å². The number of fused-ring (bicyclic) bond motifs is 4. The summed E-state index contributed by atoms with van der Waals surface area (Å²) in [6.07, 6.45) is 2.57. The van der Waals surface area contributed by atoms with Gasteiger partial charge in [0.1, 0.15) is 5.82 Å². The summed E-state index contributed by atoms with van der Waals surface area (Å²) in [6.45, 7) is 2.01. The number of aryl methyl sites for hydroxylation is 1. The summed E-state index contributed by atoms with van der Waals surface area (Å²) in [7, 11) is 1.36. The number of anilines is 2. The zero-order valence-corrected chi connectivity index (χ0v) is 30.2. The molecule has 3 aromatic carbocycles. The van der Waals surface area contributed by atoms with E-state index in [-0.39, 0.29) is 40.4 Å². The molecule has 3 fully saturated rings. The molecule has 1 saturated carbocycles. The fraction of sp³-hybridized carbons (Fsp3) is 0.314. The van der Waals surface area contributed by atoms with E-state index in [4.69, 9.17) is 27.9 Å². The number of hydrogen-bond donors (Lipinski definition) is 1. The van der Waals surface area contributed by atoms with Crippen LogP contribution in [0.25, 0.3) is 0 Å². The maximum absolute atomic E-state index is 14.6. The van der Waals surface area contributed by atoms with Crippen molar-refractivity contribution in [2.45, 2.75) is 41.9 Å². The van der Waals surface area contributed by atoms with Crippen LogP contribution in [0.5, 0.6) is 11.5 Å². The molecule has 4 amide bonds. The highest BCUT2D eigenvalue weighted by Crippen LogP contribution is 2.67. The molecule has 4 aliphatic rings. The molecular weight excluding hydrogens is 794 g/mol. The molecule has 6 atom stereocenters. The predicted octanol–water partition coefficient (Wildman–Crippen LogP) is 7.40. The number of carbonyl (C=O) groups is 4. The molecular formula is C35H27Br2Cl2FN2O6. The number of phenolic OH excluding ortho intramolecular Hbond substituents is 1. The first-order valence-corrected chi connectivity index (χ1v) is 17.6. The lowest BCUT2D eigenvalue weighted by Crippen LogP contribution is -2.60. The molecule has 0 aromatic heterocycles. The van der Waals surface area contributed by atoms with Crippen LogP contribution in [0, 0.1) is 23.6 Å². The highest BCUT2D eigenvalue weighted by molar-refractivity contribution is 9.13. The van der Waals surface area contributed by atoms with Crippen LogP contribution in [0.15, 0.2) is 75.2 Å². The van der Waals surface area contributed by atoms with Crippen molar-refractivity contribution in [2.24, 2.45) is 17.8 Å². The summed E-state index contributed by atoms with van der Waals surface area (Å²) in [5, 5.41) is 10.8. The van der Waals surface area contributed by atoms with Gasteiger partial charge >= 0.3 is 0 Å². The number of phenols is 1. The van der Waals surface area contributed by atoms with E-state index in [2.05, 4.69) is 31.9 Å². The second kappa shape index (κ2) is 11.7. The second-order valence-corrected chi connectivity index (χ2v) is 15.3. The Kier molecular flexibility index (Phi) is 8.09. The van der Waals surface area contributed by atoms with Crippen LogP contribution in [-0.4, -0.2) is 45.6 Å². The maximum atomic E-state index is 14.6. The van der Waals surface area contributed by atoms with Crippen LogP contribution in [-0.2, 0) is 25.6 Å². The lowest BCUT2D eigenvalue weighted by atomic mass is 9.56. The van der Waals surface area contributed by atoms with Crippen molar-refractivity contribution in [1.29, 1.82) is 0 Å². The van der Waals surface area contributed by atoms with Crippen molar-refractivity contribution in [1.82, 2.24) is 0 Å². The number of ether oxygens (including phenoxy) is 1. The van der Waals surface area contributed by atoms with Crippen LogP contribution in [0.2, 0.25) is 0 Å². The third-order valence-electron chi connectivity index (χ3n) is 10.2. The summed E-state index contributed by atoms with van der Waals surface area (Å²) in [5.74, 6) is -6.72. The minimum atomic E-state index is -2.15. The molecule has 7 rings (SSSR count). The molecule has 0 spiro atoms. The van der Waals surface area contributed by atoms with Gasteiger partial charge in [0.05, 0.1) is 34.8 Å². The van der Waals surface area contributed by atoms with Gasteiger partial charge in [-0.3, -0.25) is 24.1 Å². The molecule has 8 nitrogen and oxygen atoms in total. The number of aromatic hydroxyl groups is 1. The minimum Gasteiger partial charge on any atom is -0.503 e. The number of nitrogens with zero attached hydrogens (tertiary/aromatic N) is 2. The highest BCUT2D eigenvalue weighted by atomic mass is 79.9. The van der Waals surface area contributed by atoms with Gasteiger partial charge in [-0.15, -0.1) is 23.2 Å². The summed E-state index contributed by atoms with van der Waals surface area (Å²) in [4.78, 5) is 55.1. The number of carbonyl (C=O) groups excluding carboxylic acids is 4. The Bertz CT molecular complexity index is 1960. The fourth-order valence-corrected chi connectivity index (χ4v) is 9.74. The molecule has 0 bridgehead atoms. The van der Waals surface area contributed by atoms with Gasteiger partial charge in [-0.25, -0.2) is 9.29 Å². The van der Waals surface area contributed by atoms with E-state index in [1.165, 1.54) is 30.2 Å². The van der Waals surface area contributed by atoms with Crippen LogP contribution in [0.1, 0.15) is 36.8 Å². The Morgan fingerprint density at radius 1 is 0.917 bits per heavy atom. The van der Waals surface area contributed by atoms with E-state index in [9.17, 15) is 28.7 Å². The Labute approximate surface area is 302 Å². The molecule has 2 heterocycles. The van der Waals surface area contributed by atoms with E-state index in [0.717, 1.165) is 29.0 Å². The van der Waals surface area contributed by atoms with E-state index in [1.807, 2.05) is 25.1 Å². The van der Waals surface area contributed by atoms with E-state index < -0.39 is 57.0 Å². The van der Waals surface area contributed by atoms with Crippen LogP contribution in [0.4, 0.5) is 15.8 Å². The Morgan fingerprint density at radius 3 is 2.17 bits per heavy atom. The summed E-state index contributed by atoms with van der Waals surface area (Å²) >= 11 is 21.8. The van der Waals surface area contributed by atoms with Crippen LogP contribution < -0.4 is 14.5 Å². The van der Waals surface area contributed by atoms with Crippen molar-refractivity contribution in [3.63, 3.8) is 0 Å². The van der Waals surface area contributed by atoms with Gasteiger partial charge in [0.15, 0.2) is 21.2 Å². The number of allylic oxidation sites excluding steroid dienone is 2. The molecule has 6 unspecified atom stereocenters. The van der Waals surface area contributed by atoms with Crippen molar-refractivity contribution in [2.75, 3.05) is 16.9 Å². The maximum Gasteiger partial charge on any atom is 0.258 e. The van der Waals surface area contributed by atoms with Crippen LogP contribution in [0.3, 0.4) is 0 Å². The van der Waals surface area contributed by atoms with Crippen molar-refractivity contribution < 1.29 is 33.4 Å². The topological polar surface area (TPSA) is 104 Å². The number of alkyl halides is 2. The molecule has 3 aromatic rings. The highest BCUT2D eigenvalue weighted by Gasteiger charge is 2.77. The monoisotopic (exact) mass is 818 g/mol. The van der Waals surface area contributed by atoms with Gasteiger partial charge in [0.25, 0.3) is 11.8 Å². The number of imide groups is 2. The molecule has 2 saturated heterocycles. The lowest BCUT2D eigenvalue weighted by Gasteiger charge is -2.51. The molecule has 0 radical (unpaired) electrons. The van der Waals surface area contributed by atoms with Gasteiger partial charge in [-0.05, 0) is 111 Å². The Hall–Kier alpha value is -3.25. The first kappa shape index (κ1) is 33.3. The summed E-state index contributed by atoms with van der Waals surface area (Å²) in [5.41, 5.74) is 2.49. The number of halogens is 5. The van der Waals surface area contributed by atoms with Gasteiger partial charge in [0, 0.05) is 10.4 Å². The van der Waals surface area contributed by atoms with Crippen molar-refractivity contribution >= 4 is 90.1 Å². The number of rotatable bonds is 5. The van der Waals surface area contributed by atoms with Gasteiger partial charge in [-0.2, -0.15) is 0 Å². The minimum absolute atomic E-state index is 0.0536. The van der Waals surface area contributed by atoms with E-state index in [1.54, 1.807) is 12.1 Å². The fourth-order valence-electron chi connectivity index (χ4n) is 7.86. The van der Waals surface area contributed by atoms with Gasteiger partial charge in [-0.1, -0.05) is 30.7 Å². The third kappa shape index (κ3) is 4.43. The first-order valence-electron chi connectivity index (χ1n) is 15.2. The van der Waals surface area contributed by atoms with Crippen molar-refractivity contribution in [3.8, 4) is 11.5 Å². The average molecular weight is 821 g/mol. The molecule has 248 valence electrons. The quantitative estimate of drug-likeness (QED) is 0.164. The van der Waals surface area contributed by atoms with E-state index >= 15 is 0 Å². The Balaban J connectivity index is 1.42. The number of amides is 4. The standard InChI is InChI=1S/C35H27Br2Cl2FN2O6/c1-3-16-4-8-18(9-5-16)41-30(44)21-13-12-20-23(25(21)31(41)45)15-34(38)32(46)42(19-10-6-17(40)7-11-19)33(47)35(34,39)26(20)22-14-24(48-2)29(43)28(37)27(22)36/h4-12,14,21,23,25-26,43H,3,13,15H2,1-2H3. The number of benzene rings is 3. The summed E-state index contributed by atoms with van der Waals surface area (Å²) < 4.78 is 19.9. The van der Waals surface area contributed by atoms with Crippen LogP contribution >= 0.6 is 55.1 Å². The molecule has 2 aliphatic carbocycles. The summed E-state index contributed by atoms with van der Waals surface area (Å²) in [6, 6.07) is 13.5. The zero-order chi connectivity index (χ0) is 34.4. The normalized spacial score (nSPS) is 29.5. The van der Waals surface area contributed by atoms with E-state index in [0.29, 0.717) is 21.3 Å². The number of methoxy groups -OCH3 is 1. The first-order chi connectivity index (χ1) is 22.8. The Morgan fingerprint density at radius 2 is 1.54 bits per heavy atom. The molecule has 2 aliphatic heterocycles. The zero-order valence-electron chi connectivity index (χ0n) is 25.5. The molecule has 1 N–H and O–H groups in total. The lowest BCUT2D eigenvalue weighted by molar-refractivity contribution is -0.125.